The first-order valence-corrected chi connectivity index (χ1v) is 6.48. The highest BCUT2D eigenvalue weighted by Crippen LogP contribution is 2.15. The maximum Gasteiger partial charge on any atom is 0.328 e. The number of aromatic amines is 1. The normalized spacial score (nSPS) is 10.6. The third-order valence-electron chi connectivity index (χ3n) is 2.24. The lowest BCUT2D eigenvalue weighted by Gasteiger charge is -2.06. The highest BCUT2D eigenvalue weighted by Gasteiger charge is 2.04. The summed E-state index contributed by atoms with van der Waals surface area (Å²) >= 11 is 6.21. The van der Waals surface area contributed by atoms with E-state index < -0.39 is 17.1 Å². The van der Waals surface area contributed by atoms with Crippen molar-refractivity contribution in [3.63, 3.8) is 0 Å². The Labute approximate surface area is 118 Å². The van der Waals surface area contributed by atoms with Gasteiger partial charge in [-0.1, -0.05) is 15.9 Å². The van der Waals surface area contributed by atoms with E-state index in [9.17, 15) is 14.0 Å². The van der Waals surface area contributed by atoms with Crippen LogP contribution in [0.5, 0.6) is 0 Å². The second-order valence-corrected chi connectivity index (χ2v) is 5.41. The van der Waals surface area contributed by atoms with Crippen molar-refractivity contribution in [2.45, 2.75) is 6.54 Å². The summed E-state index contributed by atoms with van der Waals surface area (Å²) < 4.78 is 15.3. The van der Waals surface area contributed by atoms with E-state index in [2.05, 4.69) is 36.8 Å². The number of hydrogen-bond acceptors (Lipinski definition) is 2. The Hall–Kier alpha value is -1.21. The molecule has 0 bridgehead atoms. The van der Waals surface area contributed by atoms with E-state index in [1.807, 2.05) is 0 Å². The zero-order valence-electron chi connectivity index (χ0n) is 8.91. The van der Waals surface area contributed by atoms with Crippen LogP contribution in [0.4, 0.5) is 4.39 Å². The Bertz CT molecular complexity index is 689. The fourth-order valence-electron chi connectivity index (χ4n) is 1.50. The van der Waals surface area contributed by atoms with Crippen molar-refractivity contribution in [1.82, 2.24) is 9.55 Å². The molecule has 1 aromatic heterocycles. The zero-order chi connectivity index (χ0) is 13.3. The van der Waals surface area contributed by atoms with Gasteiger partial charge in [0.1, 0.15) is 5.82 Å². The highest BCUT2D eigenvalue weighted by molar-refractivity contribution is 9.10. The molecule has 0 saturated carbocycles. The van der Waals surface area contributed by atoms with Gasteiger partial charge in [0.05, 0.1) is 11.0 Å². The first kappa shape index (κ1) is 13.2. The summed E-state index contributed by atoms with van der Waals surface area (Å²) in [5, 5.41) is 0. The number of nitrogens with one attached hydrogen (secondary N) is 1. The SMILES string of the molecule is O=c1[nH]c(=O)n(Cc2cc(F)cc(Br)c2)cc1Br. The summed E-state index contributed by atoms with van der Waals surface area (Å²) in [6.07, 6.45) is 1.37. The number of H-pyrrole nitrogens is 1. The minimum Gasteiger partial charge on any atom is -0.295 e. The molecule has 2 rings (SSSR count). The van der Waals surface area contributed by atoms with Crippen molar-refractivity contribution in [2.75, 3.05) is 0 Å². The molecule has 0 spiro atoms. The molecule has 1 N–H and O–H groups in total. The second-order valence-electron chi connectivity index (χ2n) is 3.64. The van der Waals surface area contributed by atoms with Gasteiger partial charge in [0, 0.05) is 10.7 Å². The molecule has 18 heavy (non-hydrogen) atoms. The van der Waals surface area contributed by atoms with E-state index >= 15 is 0 Å². The van der Waals surface area contributed by atoms with Gasteiger partial charge in [0.15, 0.2) is 0 Å². The minimum atomic E-state index is -0.538. The van der Waals surface area contributed by atoms with Crippen LogP contribution >= 0.6 is 31.9 Å². The summed E-state index contributed by atoms with van der Waals surface area (Å²) in [6, 6.07) is 4.36. The Morgan fingerprint density at radius 2 is 1.94 bits per heavy atom. The molecule has 7 heteroatoms. The quantitative estimate of drug-likeness (QED) is 0.872. The molecule has 0 fully saturated rings. The van der Waals surface area contributed by atoms with Crippen molar-refractivity contribution in [3.05, 3.63) is 65.6 Å². The van der Waals surface area contributed by atoms with Crippen LogP contribution in [0.25, 0.3) is 0 Å². The summed E-state index contributed by atoms with van der Waals surface area (Å²) in [6.45, 7) is 0.171. The van der Waals surface area contributed by atoms with E-state index in [0.717, 1.165) is 0 Å². The smallest absolute Gasteiger partial charge is 0.295 e. The van der Waals surface area contributed by atoms with Crippen molar-refractivity contribution in [2.24, 2.45) is 0 Å². The van der Waals surface area contributed by atoms with Gasteiger partial charge in [-0.25, -0.2) is 9.18 Å². The van der Waals surface area contributed by atoms with E-state index in [1.54, 1.807) is 6.07 Å². The topological polar surface area (TPSA) is 54.9 Å². The molecule has 0 aliphatic heterocycles. The van der Waals surface area contributed by atoms with Gasteiger partial charge in [-0.3, -0.25) is 14.3 Å². The molecule has 0 saturated heterocycles. The van der Waals surface area contributed by atoms with Crippen molar-refractivity contribution >= 4 is 31.9 Å². The first-order valence-electron chi connectivity index (χ1n) is 4.90. The van der Waals surface area contributed by atoms with Crippen molar-refractivity contribution in [3.8, 4) is 0 Å². The van der Waals surface area contributed by atoms with E-state index in [1.165, 1.54) is 22.9 Å². The van der Waals surface area contributed by atoms with Gasteiger partial charge in [-0.05, 0) is 39.7 Å². The lowest BCUT2D eigenvalue weighted by atomic mass is 10.2. The molecule has 2 aromatic rings. The molecule has 0 radical (unpaired) electrons. The summed E-state index contributed by atoms with van der Waals surface area (Å²) in [4.78, 5) is 24.9. The molecular formula is C11H7Br2FN2O2. The standard InChI is InChI=1S/C11H7Br2FN2O2/c12-7-1-6(2-8(14)3-7)4-16-5-9(13)10(17)15-11(16)18/h1-3,5H,4H2,(H,15,17,18). The predicted octanol–water partition coefficient (Wildman–Crippen LogP) is 2.25. The van der Waals surface area contributed by atoms with Gasteiger partial charge in [0.25, 0.3) is 5.56 Å². The number of halogens is 3. The summed E-state index contributed by atoms with van der Waals surface area (Å²) in [5.74, 6) is -0.393. The second kappa shape index (κ2) is 5.19. The van der Waals surface area contributed by atoms with Crippen LogP contribution < -0.4 is 11.2 Å². The van der Waals surface area contributed by atoms with Crippen LogP contribution in [0.2, 0.25) is 0 Å². The Morgan fingerprint density at radius 3 is 2.61 bits per heavy atom. The molecule has 1 heterocycles. The first-order chi connectivity index (χ1) is 8.45. The fraction of sp³-hybridized carbons (Fsp3) is 0.0909. The number of nitrogens with zero attached hydrogens (tertiary/aromatic N) is 1. The van der Waals surface area contributed by atoms with Crippen LogP contribution in [-0.4, -0.2) is 9.55 Å². The lowest BCUT2D eigenvalue weighted by molar-refractivity contribution is 0.620. The number of rotatable bonds is 2. The molecule has 0 aliphatic carbocycles. The van der Waals surface area contributed by atoms with Crippen LogP contribution in [0.15, 0.2) is 42.9 Å². The van der Waals surface area contributed by atoms with E-state index in [0.29, 0.717) is 10.0 Å². The number of benzene rings is 1. The van der Waals surface area contributed by atoms with Crippen molar-refractivity contribution in [1.29, 1.82) is 0 Å². The summed E-state index contributed by atoms with van der Waals surface area (Å²) in [7, 11) is 0. The lowest BCUT2D eigenvalue weighted by Crippen LogP contribution is -2.30. The number of hydrogen-bond donors (Lipinski definition) is 1. The number of aromatic nitrogens is 2. The highest BCUT2D eigenvalue weighted by atomic mass is 79.9. The average Bonchev–Trinajstić information content (AvgIpc) is 2.24. The van der Waals surface area contributed by atoms with E-state index in [4.69, 9.17) is 0 Å². The maximum absolute atomic E-state index is 13.2. The molecular weight excluding hydrogens is 371 g/mol. The third-order valence-corrected chi connectivity index (χ3v) is 3.27. The minimum absolute atomic E-state index is 0.171. The molecule has 0 amide bonds. The Kier molecular flexibility index (Phi) is 3.82. The van der Waals surface area contributed by atoms with Gasteiger partial charge in [-0.15, -0.1) is 0 Å². The van der Waals surface area contributed by atoms with Crippen molar-refractivity contribution < 1.29 is 4.39 Å². The molecule has 0 aliphatic rings. The summed E-state index contributed by atoms with van der Waals surface area (Å²) in [5.41, 5.74) is -0.414. The molecule has 0 unspecified atom stereocenters. The van der Waals surface area contributed by atoms with Gasteiger partial charge in [-0.2, -0.15) is 0 Å². The molecule has 94 valence electrons. The van der Waals surface area contributed by atoms with Crippen LogP contribution in [0, 0.1) is 5.82 Å². The van der Waals surface area contributed by atoms with Crippen LogP contribution in [-0.2, 0) is 6.54 Å². The Morgan fingerprint density at radius 1 is 1.22 bits per heavy atom. The van der Waals surface area contributed by atoms with Gasteiger partial charge in [0.2, 0.25) is 0 Å². The predicted molar refractivity (Wildman–Crippen MR) is 72.2 cm³/mol. The third kappa shape index (κ3) is 2.97. The van der Waals surface area contributed by atoms with Crippen LogP contribution in [0.3, 0.4) is 0 Å². The van der Waals surface area contributed by atoms with E-state index in [-0.39, 0.29) is 11.0 Å². The maximum atomic E-state index is 13.2. The molecule has 1 aromatic carbocycles. The fourth-order valence-corrected chi connectivity index (χ4v) is 2.36. The van der Waals surface area contributed by atoms with Gasteiger partial charge >= 0.3 is 5.69 Å². The average molecular weight is 378 g/mol. The molecule has 4 nitrogen and oxygen atoms in total. The zero-order valence-corrected chi connectivity index (χ0v) is 12.1. The van der Waals surface area contributed by atoms with Gasteiger partial charge < -0.3 is 0 Å². The monoisotopic (exact) mass is 376 g/mol. The van der Waals surface area contributed by atoms with Crippen LogP contribution in [0.1, 0.15) is 5.56 Å². The Balaban J connectivity index is 2.43. The molecule has 0 atom stereocenters. The largest absolute Gasteiger partial charge is 0.328 e.